The molecule has 4 aromatic carbocycles. The van der Waals surface area contributed by atoms with Crippen LogP contribution in [0.4, 0.5) is 0 Å². The molecule has 1 N–H and O–H groups in total. The second-order valence-electron chi connectivity index (χ2n) is 10.0. The van der Waals surface area contributed by atoms with Gasteiger partial charge in [-0.15, -0.1) is 0 Å². The SMILES string of the molecule is COc1ccc(CN(C(=O)COc2ccccc2Cl)[C@H](Cc2ccccc2)C(=O)NCCc2ccc(OC)c(OC)c2)cc1. The topological polar surface area (TPSA) is 86.3 Å². The maximum absolute atomic E-state index is 13.9. The molecule has 1 atom stereocenters. The quantitative estimate of drug-likeness (QED) is 0.183. The molecule has 44 heavy (non-hydrogen) atoms. The normalized spacial score (nSPS) is 11.3. The lowest BCUT2D eigenvalue weighted by molar-refractivity contribution is -0.142. The van der Waals surface area contributed by atoms with E-state index >= 15 is 0 Å². The highest BCUT2D eigenvalue weighted by Gasteiger charge is 2.30. The van der Waals surface area contributed by atoms with Crippen LogP contribution in [0, 0.1) is 0 Å². The van der Waals surface area contributed by atoms with Crippen molar-refractivity contribution in [1.29, 1.82) is 0 Å². The second kappa shape index (κ2) is 16.2. The molecule has 0 aliphatic rings. The van der Waals surface area contributed by atoms with Crippen molar-refractivity contribution in [3.05, 3.63) is 119 Å². The number of ether oxygens (including phenoxy) is 4. The summed E-state index contributed by atoms with van der Waals surface area (Å²) < 4.78 is 21.9. The second-order valence-corrected chi connectivity index (χ2v) is 10.4. The van der Waals surface area contributed by atoms with Gasteiger partial charge in [0.05, 0.1) is 26.4 Å². The van der Waals surface area contributed by atoms with Crippen molar-refractivity contribution < 1.29 is 28.5 Å². The van der Waals surface area contributed by atoms with E-state index in [-0.39, 0.29) is 25.0 Å². The molecule has 2 amide bonds. The minimum absolute atomic E-state index is 0.190. The highest BCUT2D eigenvalue weighted by molar-refractivity contribution is 6.32. The first-order valence-electron chi connectivity index (χ1n) is 14.2. The molecule has 0 heterocycles. The Morgan fingerprint density at radius 3 is 2.11 bits per heavy atom. The zero-order chi connectivity index (χ0) is 31.3. The van der Waals surface area contributed by atoms with Crippen molar-refractivity contribution in [2.45, 2.75) is 25.4 Å². The van der Waals surface area contributed by atoms with Gasteiger partial charge in [-0.3, -0.25) is 9.59 Å². The summed E-state index contributed by atoms with van der Waals surface area (Å²) in [5.41, 5.74) is 2.74. The number of halogens is 1. The van der Waals surface area contributed by atoms with E-state index in [9.17, 15) is 9.59 Å². The number of hydrogen-bond acceptors (Lipinski definition) is 6. The number of hydrogen-bond donors (Lipinski definition) is 1. The van der Waals surface area contributed by atoms with Crippen molar-refractivity contribution in [1.82, 2.24) is 10.2 Å². The molecule has 0 bridgehead atoms. The summed E-state index contributed by atoms with van der Waals surface area (Å²) in [6.07, 6.45) is 0.878. The van der Waals surface area contributed by atoms with Crippen LogP contribution in [0.3, 0.4) is 0 Å². The van der Waals surface area contributed by atoms with Gasteiger partial charge in [-0.05, 0) is 59.5 Å². The van der Waals surface area contributed by atoms with Gasteiger partial charge in [0.2, 0.25) is 5.91 Å². The van der Waals surface area contributed by atoms with Gasteiger partial charge >= 0.3 is 0 Å². The Morgan fingerprint density at radius 2 is 1.43 bits per heavy atom. The molecular formula is C35H37ClN2O6. The molecule has 9 heteroatoms. The minimum atomic E-state index is -0.813. The Morgan fingerprint density at radius 1 is 0.750 bits per heavy atom. The van der Waals surface area contributed by atoms with E-state index in [0.29, 0.717) is 47.4 Å². The Kier molecular flexibility index (Phi) is 11.9. The maximum Gasteiger partial charge on any atom is 0.261 e. The average molecular weight is 617 g/mol. The van der Waals surface area contributed by atoms with E-state index in [4.69, 9.17) is 30.5 Å². The summed E-state index contributed by atoms with van der Waals surface area (Å²) in [6.45, 7) is 0.264. The first kappa shape index (κ1) is 32.2. The van der Waals surface area contributed by atoms with Crippen LogP contribution in [0.2, 0.25) is 5.02 Å². The van der Waals surface area contributed by atoms with Gasteiger partial charge in [0.15, 0.2) is 18.1 Å². The van der Waals surface area contributed by atoms with Crippen LogP contribution in [0.25, 0.3) is 0 Å². The van der Waals surface area contributed by atoms with E-state index in [1.807, 2.05) is 72.8 Å². The molecule has 4 rings (SSSR count). The summed E-state index contributed by atoms with van der Waals surface area (Å²) in [4.78, 5) is 29.3. The molecule has 0 aliphatic carbocycles. The van der Waals surface area contributed by atoms with Crippen LogP contribution in [-0.4, -0.2) is 57.2 Å². The summed E-state index contributed by atoms with van der Waals surface area (Å²) in [7, 11) is 4.77. The molecule has 0 fully saturated rings. The summed E-state index contributed by atoms with van der Waals surface area (Å²) >= 11 is 6.27. The predicted molar refractivity (Wildman–Crippen MR) is 171 cm³/mol. The van der Waals surface area contributed by atoms with Crippen molar-refractivity contribution in [2.75, 3.05) is 34.5 Å². The summed E-state index contributed by atoms with van der Waals surface area (Å²) in [5.74, 6) is 1.72. The highest BCUT2D eigenvalue weighted by atomic mass is 35.5. The zero-order valence-electron chi connectivity index (χ0n) is 25.1. The van der Waals surface area contributed by atoms with Crippen molar-refractivity contribution >= 4 is 23.4 Å². The van der Waals surface area contributed by atoms with Crippen LogP contribution >= 0.6 is 11.6 Å². The number of methoxy groups -OCH3 is 3. The van der Waals surface area contributed by atoms with E-state index in [1.54, 1.807) is 50.5 Å². The van der Waals surface area contributed by atoms with Crippen molar-refractivity contribution in [3.8, 4) is 23.0 Å². The molecule has 0 aromatic heterocycles. The van der Waals surface area contributed by atoms with Crippen LogP contribution in [0.1, 0.15) is 16.7 Å². The fourth-order valence-corrected chi connectivity index (χ4v) is 4.94. The number of benzene rings is 4. The predicted octanol–water partition coefficient (Wildman–Crippen LogP) is 5.74. The third-order valence-corrected chi connectivity index (χ3v) is 7.44. The third kappa shape index (κ3) is 8.91. The highest BCUT2D eigenvalue weighted by Crippen LogP contribution is 2.28. The smallest absolute Gasteiger partial charge is 0.261 e. The third-order valence-electron chi connectivity index (χ3n) is 7.13. The van der Waals surface area contributed by atoms with E-state index in [0.717, 1.165) is 16.7 Å². The number of amides is 2. The van der Waals surface area contributed by atoms with Crippen LogP contribution < -0.4 is 24.3 Å². The molecule has 0 aliphatic heterocycles. The molecule has 230 valence electrons. The molecule has 0 radical (unpaired) electrons. The number of rotatable bonds is 15. The van der Waals surface area contributed by atoms with Gasteiger partial charge in [0.1, 0.15) is 17.5 Å². The molecule has 0 unspecified atom stereocenters. The lowest BCUT2D eigenvalue weighted by atomic mass is 10.0. The average Bonchev–Trinajstić information content (AvgIpc) is 3.06. The Labute approximate surface area is 263 Å². The molecule has 0 saturated heterocycles. The minimum Gasteiger partial charge on any atom is -0.497 e. The standard InChI is InChI=1S/C35H37ClN2O6/c1-41-28-16-13-27(14-17-28)23-38(34(39)24-44-31-12-8-7-11-29(31)36)30(21-25-9-5-4-6-10-25)35(40)37-20-19-26-15-18-32(42-2)33(22-26)43-3/h4-18,22,30H,19-21,23-24H2,1-3H3,(H,37,40)/t30-/m1/s1. The van der Waals surface area contributed by atoms with Gasteiger partial charge in [-0.25, -0.2) is 0 Å². The van der Waals surface area contributed by atoms with Crippen LogP contribution in [0.5, 0.6) is 23.0 Å². The number of nitrogens with one attached hydrogen (secondary N) is 1. The lowest BCUT2D eigenvalue weighted by Crippen LogP contribution is -2.52. The molecule has 0 saturated carbocycles. The molecular weight excluding hydrogens is 580 g/mol. The molecule has 4 aromatic rings. The van der Waals surface area contributed by atoms with E-state index in [1.165, 1.54) is 0 Å². The monoisotopic (exact) mass is 616 g/mol. The van der Waals surface area contributed by atoms with Gasteiger partial charge in [-0.1, -0.05) is 72.3 Å². The number of para-hydroxylation sites is 1. The largest absolute Gasteiger partial charge is 0.497 e. The van der Waals surface area contributed by atoms with Crippen molar-refractivity contribution in [2.24, 2.45) is 0 Å². The van der Waals surface area contributed by atoms with Gasteiger partial charge in [-0.2, -0.15) is 0 Å². The summed E-state index contributed by atoms with van der Waals surface area (Å²) in [6, 6.07) is 28.8. The zero-order valence-corrected chi connectivity index (χ0v) is 25.9. The molecule has 8 nitrogen and oxygen atoms in total. The van der Waals surface area contributed by atoms with Crippen LogP contribution in [-0.2, 0) is 29.0 Å². The van der Waals surface area contributed by atoms with Gasteiger partial charge in [0, 0.05) is 19.5 Å². The fraction of sp³-hybridized carbons (Fsp3) is 0.257. The first-order valence-corrected chi connectivity index (χ1v) is 14.6. The van der Waals surface area contributed by atoms with E-state index in [2.05, 4.69) is 5.32 Å². The Hall–Kier alpha value is -4.69. The number of carbonyl (C=O) groups excluding carboxylic acids is 2. The maximum atomic E-state index is 13.9. The van der Waals surface area contributed by atoms with E-state index < -0.39 is 6.04 Å². The van der Waals surface area contributed by atoms with Crippen LogP contribution in [0.15, 0.2) is 97.1 Å². The fourth-order valence-electron chi connectivity index (χ4n) is 4.75. The first-order chi connectivity index (χ1) is 21.4. The Balaban J connectivity index is 1.57. The number of nitrogens with zero attached hydrogens (tertiary/aromatic N) is 1. The van der Waals surface area contributed by atoms with Gasteiger partial charge < -0.3 is 29.2 Å². The summed E-state index contributed by atoms with van der Waals surface area (Å²) in [5, 5.41) is 3.45. The lowest BCUT2D eigenvalue weighted by Gasteiger charge is -2.31. The molecule has 0 spiro atoms. The number of carbonyl (C=O) groups is 2. The Bertz CT molecular complexity index is 1510. The van der Waals surface area contributed by atoms with Crippen molar-refractivity contribution in [3.63, 3.8) is 0 Å². The van der Waals surface area contributed by atoms with Gasteiger partial charge in [0.25, 0.3) is 5.91 Å².